The fraction of sp³-hybridized carbons (Fsp3) is 0.125. The number of hydrogen-bond donors (Lipinski definition) is 3. The number of carbonyl (C=O) groups excluding carboxylic acids is 1. The van der Waals surface area contributed by atoms with Crippen molar-refractivity contribution in [3.05, 3.63) is 48.0 Å². The molecule has 0 saturated carbocycles. The van der Waals surface area contributed by atoms with E-state index in [9.17, 15) is 15.0 Å². The van der Waals surface area contributed by atoms with Crippen molar-refractivity contribution in [1.82, 2.24) is 0 Å². The quantitative estimate of drug-likeness (QED) is 0.742. The molecule has 3 N–H and O–H groups in total. The maximum absolute atomic E-state index is 11.7. The summed E-state index contributed by atoms with van der Waals surface area (Å²) in [7, 11) is 0. The van der Waals surface area contributed by atoms with Crippen LogP contribution in [0.4, 0.5) is 11.4 Å². The fourth-order valence-electron chi connectivity index (χ4n) is 2.24. The first kappa shape index (κ1) is 13.9. The van der Waals surface area contributed by atoms with Gasteiger partial charge in [0.1, 0.15) is 11.5 Å². The number of aromatic hydroxyl groups is 2. The lowest BCUT2D eigenvalue weighted by molar-refractivity contribution is -0.115. The molecule has 0 aromatic heterocycles. The van der Waals surface area contributed by atoms with Gasteiger partial charge < -0.3 is 15.5 Å². The van der Waals surface area contributed by atoms with Gasteiger partial charge in [-0.15, -0.1) is 0 Å². The van der Waals surface area contributed by atoms with Gasteiger partial charge in [-0.25, -0.2) is 0 Å². The molecule has 0 fully saturated rings. The highest BCUT2D eigenvalue weighted by Gasteiger charge is 2.17. The Kier molecular flexibility index (Phi) is 3.65. The van der Waals surface area contributed by atoms with Gasteiger partial charge in [0, 0.05) is 18.1 Å². The van der Waals surface area contributed by atoms with Gasteiger partial charge >= 0.3 is 0 Å². The zero-order valence-electron chi connectivity index (χ0n) is 11.7. The molecule has 0 aliphatic carbocycles. The molecule has 22 heavy (non-hydrogen) atoms. The zero-order valence-corrected chi connectivity index (χ0v) is 11.7. The van der Waals surface area contributed by atoms with Crippen LogP contribution in [0.5, 0.6) is 11.5 Å². The van der Waals surface area contributed by atoms with Crippen molar-refractivity contribution in [3.8, 4) is 11.5 Å². The van der Waals surface area contributed by atoms with Crippen LogP contribution in [0.1, 0.15) is 12.0 Å². The molecule has 1 aliphatic rings. The highest BCUT2D eigenvalue weighted by molar-refractivity contribution is 5.96. The van der Waals surface area contributed by atoms with E-state index in [0.717, 1.165) is 5.69 Å². The minimum atomic E-state index is -0.0577. The first-order valence-electron chi connectivity index (χ1n) is 6.86. The van der Waals surface area contributed by atoms with Crippen molar-refractivity contribution in [1.29, 1.82) is 0 Å². The van der Waals surface area contributed by atoms with Gasteiger partial charge in [-0.3, -0.25) is 9.80 Å². The Balaban J connectivity index is 1.91. The lowest BCUT2D eigenvalue weighted by Gasteiger charge is -2.18. The topological polar surface area (TPSA) is 85.2 Å². The van der Waals surface area contributed by atoms with Gasteiger partial charge in [0.15, 0.2) is 0 Å². The average Bonchev–Trinajstić information content (AvgIpc) is 2.65. The summed E-state index contributed by atoms with van der Waals surface area (Å²) in [5, 5.41) is 28.0. The lowest BCUT2D eigenvalue weighted by Crippen LogP contribution is -2.18. The Morgan fingerprint density at radius 1 is 1.18 bits per heavy atom. The van der Waals surface area contributed by atoms with E-state index in [1.165, 1.54) is 18.3 Å². The Morgan fingerprint density at radius 2 is 2.00 bits per heavy atom. The monoisotopic (exact) mass is 297 g/mol. The number of rotatable bonds is 2. The van der Waals surface area contributed by atoms with Crippen molar-refractivity contribution >= 4 is 23.5 Å². The fourth-order valence-corrected chi connectivity index (χ4v) is 2.24. The van der Waals surface area contributed by atoms with Gasteiger partial charge in [0.05, 0.1) is 24.1 Å². The molecule has 0 unspecified atom stereocenters. The third-order valence-corrected chi connectivity index (χ3v) is 3.36. The number of fused-ring (bicyclic) bond motifs is 1. The summed E-state index contributed by atoms with van der Waals surface area (Å²) in [6.07, 6.45) is 1.83. The summed E-state index contributed by atoms with van der Waals surface area (Å²) in [6.45, 7) is 0.443. The van der Waals surface area contributed by atoms with Gasteiger partial charge in [0.2, 0.25) is 5.91 Å². The molecule has 1 heterocycles. The smallest absolute Gasteiger partial charge is 0.226 e. The normalized spacial score (nSPS) is 14.5. The van der Waals surface area contributed by atoms with Crippen molar-refractivity contribution < 1.29 is 15.0 Å². The summed E-state index contributed by atoms with van der Waals surface area (Å²) in [5.41, 5.74) is 1.98. The maximum Gasteiger partial charge on any atom is 0.226 e. The van der Waals surface area contributed by atoms with Gasteiger partial charge in [-0.05, 0) is 24.3 Å². The molecule has 2 aromatic carbocycles. The number of carbonyl (C=O) groups is 1. The molecule has 1 aliphatic heterocycles. The molecule has 112 valence electrons. The van der Waals surface area contributed by atoms with Gasteiger partial charge in [-0.1, -0.05) is 12.1 Å². The van der Waals surface area contributed by atoms with Crippen LogP contribution in [0.25, 0.3) is 0 Å². The highest BCUT2D eigenvalue weighted by atomic mass is 16.3. The average molecular weight is 297 g/mol. The van der Waals surface area contributed by atoms with Crippen molar-refractivity contribution in [3.63, 3.8) is 0 Å². The minimum Gasteiger partial charge on any atom is -0.508 e. The van der Waals surface area contributed by atoms with Crippen LogP contribution in [0.15, 0.2) is 47.6 Å². The SMILES string of the molecule is O=C1CCN(/N=C/c2ccc(O)cc2O)c2ccccc2N1. The number of anilines is 2. The van der Waals surface area contributed by atoms with E-state index < -0.39 is 0 Å². The third-order valence-electron chi connectivity index (χ3n) is 3.36. The van der Waals surface area contributed by atoms with Crippen LogP contribution < -0.4 is 10.3 Å². The van der Waals surface area contributed by atoms with E-state index in [4.69, 9.17) is 0 Å². The van der Waals surface area contributed by atoms with E-state index in [0.29, 0.717) is 24.2 Å². The van der Waals surface area contributed by atoms with Crippen LogP contribution in [0, 0.1) is 0 Å². The summed E-state index contributed by atoms with van der Waals surface area (Å²) in [5.74, 6) is -0.122. The lowest BCUT2D eigenvalue weighted by atomic mass is 10.2. The third kappa shape index (κ3) is 2.85. The molecular weight excluding hydrogens is 282 g/mol. The minimum absolute atomic E-state index is 0.00966. The molecule has 1 amide bonds. The van der Waals surface area contributed by atoms with Crippen molar-refractivity contribution in [2.75, 3.05) is 16.9 Å². The summed E-state index contributed by atoms with van der Waals surface area (Å²) in [4.78, 5) is 11.7. The molecule has 2 aromatic rings. The second-order valence-corrected chi connectivity index (χ2v) is 4.93. The van der Waals surface area contributed by atoms with Crippen LogP contribution in [0.2, 0.25) is 0 Å². The Labute approximate surface area is 127 Å². The molecule has 0 bridgehead atoms. The molecule has 0 radical (unpaired) electrons. The number of para-hydroxylation sites is 2. The van der Waals surface area contributed by atoms with E-state index in [2.05, 4.69) is 10.4 Å². The first-order valence-corrected chi connectivity index (χ1v) is 6.86. The number of hydrogen-bond acceptors (Lipinski definition) is 5. The standard InChI is InChI=1S/C16H15N3O3/c20-12-6-5-11(15(21)9-12)10-17-19-8-7-16(22)18-13-3-1-2-4-14(13)19/h1-6,9-10,20-21H,7-8H2,(H,18,22)/b17-10+. The van der Waals surface area contributed by atoms with Crippen LogP contribution in [-0.4, -0.2) is 28.9 Å². The number of hydrazone groups is 1. The van der Waals surface area contributed by atoms with Crippen LogP contribution >= 0.6 is 0 Å². The maximum atomic E-state index is 11.7. The number of nitrogens with zero attached hydrogens (tertiary/aromatic N) is 2. The van der Waals surface area contributed by atoms with E-state index >= 15 is 0 Å². The first-order chi connectivity index (χ1) is 10.6. The second-order valence-electron chi connectivity index (χ2n) is 4.93. The molecule has 6 nitrogen and oxygen atoms in total. The van der Waals surface area contributed by atoms with E-state index in [-0.39, 0.29) is 17.4 Å². The molecule has 0 spiro atoms. The van der Waals surface area contributed by atoms with E-state index in [1.807, 2.05) is 24.3 Å². The second kappa shape index (κ2) is 5.77. The van der Waals surface area contributed by atoms with Crippen LogP contribution in [0.3, 0.4) is 0 Å². The molecule has 0 atom stereocenters. The molecule has 6 heteroatoms. The number of phenols is 2. The Bertz CT molecular complexity index is 743. The number of amides is 1. The predicted octanol–water partition coefficient (Wildman–Crippen LogP) is 2.28. The molecular formula is C16H15N3O3. The van der Waals surface area contributed by atoms with E-state index in [1.54, 1.807) is 11.1 Å². The molecule has 3 rings (SSSR count). The van der Waals surface area contributed by atoms with Gasteiger partial charge in [-0.2, -0.15) is 5.10 Å². The van der Waals surface area contributed by atoms with Crippen LogP contribution in [-0.2, 0) is 4.79 Å². The molecule has 0 saturated heterocycles. The Morgan fingerprint density at radius 3 is 2.82 bits per heavy atom. The number of phenolic OH excluding ortho intramolecular Hbond substituents is 2. The largest absolute Gasteiger partial charge is 0.508 e. The predicted molar refractivity (Wildman–Crippen MR) is 84.4 cm³/mol. The van der Waals surface area contributed by atoms with Gasteiger partial charge in [0.25, 0.3) is 0 Å². The number of benzene rings is 2. The van der Waals surface area contributed by atoms with Crippen molar-refractivity contribution in [2.24, 2.45) is 5.10 Å². The highest BCUT2D eigenvalue weighted by Crippen LogP contribution is 2.29. The van der Waals surface area contributed by atoms with Crippen molar-refractivity contribution in [2.45, 2.75) is 6.42 Å². The Hall–Kier alpha value is -3.02. The zero-order chi connectivity index (χ0) is 15.5. The number of nitrogens with one attached hydrogen (secondary N) is 1. The summed E-state index contributed by atoms with van der Waals surface area (Å²) in [6, 6.07) is 11.7. The summed E-state index contributed by atoms with van der Waals surface area (Å²) >= 11 is 0. The summed E-state index contributed by atoms with van der Waals surface area (Å²) < 4.78 is 0.